The number of aromatic nitrogens is 4. The Balaban J connectivity index is 1.35. The number of hydrogen-bond acceptors (Lipinski definition) is 5. The minimum Gasteiger partial charge on any atom is -0.417 e. The fourth-order valence-corrected chi connectivity index (χ4v) is 3.32. The summed E-state index contributed by atoms with van der Waals surface area (Å²) in [5, 5.41) is 3.99. The van der Waals surface area contributed by atoms with Gasteiger partial charge in [-0.25, -0.2) is 9.67 Å². The normalized spacial score (nSPS) is 15.5. The maximum atomic E-state index is 12.6. The summed E-state index contributed by atoms with van der Waals surface area (Å²) >= 11 is 0. The van der Waals surface area contributed by atoms with Crippen molar-refractivity contribution in [1.82, 2.24) is 29.0 Å². The van der Waals surface area contributed by atoms with E-state index in [9.17, 15) is 13.6 Å². The lowest BCUT2D eigenvalue weighted by atomic mass is 10.2. The number of ether oxygens (including phenoxy) is 1. The highest BCUT2D eigenvalue weighted by Gasteiger charge is 2.25. The number of halogens is 2. The predicted molar refractivity (Wildman–Crippen MR) is 96.2 cm³/mol. The number of carbonyl (C=O) groups is 1. The third-order valence-electron chi connectivity index (χ3n) is 4.72. The molecule has 1 saturated heterocycles. The maximum absolute atomic E-state index is 12.6. The van der Waals surface area contributed by atoms with Crippen molar-refractivity contribution < 1.29 is 18.3 Å². The molecular weight excluding hydrogens is 370 g/mol. The highest BCUT2D eigenvalue weighted by atomic mass is 19.3. The molecule has 1 amide bonds. The molecule has 0 aliphatic carbocycles. The number of pyridine rings is 1. The number of amides is 1. The van der Waals surface area contributed by atoms with E-state index in [4.69, 9.17) is 0 Å². The van der Waals surface area contributed by atoms with Gasteiger partial charge in [0.15, 0.2) is 5.69 Å². The van der Waals surface area contributed by atoms with Crippen molar-refractivity contribution in [3.8, 4) is 5.88 Å². The molecule has 0 N–H and O–H groups in total. The molecular formula is C18H20F2N6O2. The van der Waals surface area contributed by atoms with Crippen LogP contribution in [0.3, 0.4) is 0 Å². The zero-order valence-corrected chi connectivity index (χ0v) is 15.3. The van der Waals surface area contributed by atoms with Gasteiger partial charge in [-0.3, -0.25) is 9.69 Å². The lowest BCUT2D eigenvalue weighted by Gasteiger charge is -2.33. The molecule has 4 rings (SSSR count). The molecule has 0 aromatic carbocycles. The quantitative estimate of drug-likeness (QED) is 0.662. The first-order chi connectivity index (χ1) is 13.5. The highest BCUT2D eigenvalue weighted by molar-refractivity contribution is 5.92. The van der Waals surface area contributed by atoms with E-state index in [0.717, 1.165) is 16.0 Å². The largest absolute Gasteiger partial charge is 0.417 e. The van der Waals surface area contributed by atoms with Gasteiger partial charge in [0.25, 0.3) is 5.91 Å². The highest BCUT2D eigenvalue weighted by Crippen LogP contribution is 2.17. The van der Waals surface area contributed by atoms with Gasteiger partial charge < -0.3 is 14.0 Å². The number of hydrogen-bond donors (Lipinski definition) is 0. The Morgan fingerprint density at radius 1 is 1.25 bits per heavy atom. The first-order valence-corrected chi connectivity index (χ1v) is 8.93. The fourth-order valence-electron chi connectivity index (χ4n) is 3.32. The van der Waals surface area contributed by atoms with Gasteiger partial charge in [0.05, 0.1) is 5.69 Å². The zero-order valence-electron chi connectivity index (χ0n) is 15.3. The van der Waals surface area contributed by atoms with Gasteiger partial charge in [0, 0.05) is 58.2 Å². The average Bonchev–Trinajstić information content (AvgIpc) is 3.24. The molecule has 0 unspecified atom stereocenters. The summed E-state index contributed by atoms with van der Waals surface area (Å²) in [6.07, 6.45) is 3.96. The number of carbonyl (C=O) groups excluding carboxylic acids is 1. The van der Waals surface area contributed by atoms with E-state index in [1.165, 1.54) is 13.1 Å². The molecule has 0 atom stereocenters. The summed E-state index contributed by atoms with van der Waals surface area (Å²) < 4.78 is 32.2. The van der Waals surface area contributed by atoms with Gasteiger partial charge in [0.1, 0.15) is 5.65 Å². The molecule has 0 spiro atoms. The van der Waals surface area contributed by atoms with E-state index in [0.29, 0.717) is 32.7 Å². The fraction of sp³-hybridized carbons (Fsp3) is 0.389. The summed E-state index contributed by atoms with van der Waals surface area (Å²) in [7, 11) is 1.46. The second kappa shape index (κ2) is 7.55. The Kier molecular flexibility index (Phi) is 4.95. The Hall–Kier alpha value is -3.01. The van der Waals surface area contributed by atoms with Gasteiger partial charge in [-0.05, 0) is 12.1 Å². The monoisotopic (exact) mass is 390 g/mol. The third kappa shape index (κ3) is 3.81. The zero-order chi connectivity index (χ0) is 19.7. The van der Waals surface area contributed by atoms with Crippen molar-refractivity contribution in [1.29, 1.82) is 0 Å². The van der Waals surface area contributed by atoms with E-state index < -0.39 is 6.61 Å². The molecule has 148 valence electrons. The Labute approximate surface area is 159 Å². The standard InChI is InChI=1S/C18H20F2N6O2/c1-23-16(28-18(19)20)10-14(22-23)17(27)25-8-6-24(7-9-25)11-13-12-26-5-3-2-4-15(26)21-13/h2-5,10,12,18H,6-9,11H2,1H3. The number of imidazole rings is 1. The lowest BCUT2D eigenvalue weighted by molar-refractivity contribution is -0.0553. The van der Waals surface area contributed by atoms with Gasteiger partial charge in [0.2, 0.25) is 5.88 Å². The second-order valence-corrected chi connectivity index (χ2v) is 6.64. The maximum Gasteiger partial charge on any atom is 0.388 e. The molecule has 0 bridgehead atoms. The third-order valence-corrected chi connectivity index (χ3v) is 4.72. The van der Waals surface area contributed by atoms with Crippen LogP contribution in [0.4, 0.5) is 8.78 Å². The predicted octanol–water partition coefficient (Wildman–Crippen LogP) is 1.63. The van der Waals surface area contributed by atoms with Crippen LogP contribution >= 0.6 is 0 Å². The number of rotatable bonds is 5. The summed E-state index contributed by atoms with van der Waals surface area (Å²) in [5.74, 6) is -0.420. The molecule has 28 heavy (non-hydrogen) atoms. The van der Waals surface area contributed by atoms with Crippen LogP contribution in [-0.4, -0.2) is 67.7 Å². The van der Waals surface area contributed by atoms with Crippen LogP contribution in [0.25, 0.3) is 5.65 Å². The smallest absolute Gasteiger partial charge is 0.388 e. The first kappa shape index (κ1) is 18.4. The molecule has 3 aromatic rings. The van der Waals surface area contributed by atoms with Crippen molar-refractivity contribution in [2.24, 2.45) is 7.05 Å². The van der Waals surface area contributed by atoms with Crippen LogP contribution in [0.5, 0.6) is 5.88 Å². The topological polar surface area (TPSA) is 67.9 Å². The van der Waals surface area contributed by atoms with Gasteiger partial charge >= 0.3 is 6.61 Å². The molecule has 10 heteroatoms. The lowest BCUT2D eigenvalue weighted by Crippen LogP contribution is -2.48. The Morgan fingerprint density at radius 3 is 2.75 bits per heavy atom. The molecule has 8 nitrogen and oxygen atoms in total. The molecule has 1 aliphatic heterocycles. The van der Waals surface area contributed by atoms with Gasteiger partial charge in [-0.15, -0.1) is 0 Å². The summed E-state index contributed by atoms with van der Waals surface area (Å²) in [5.41, 5.74) is 1.99. The van der Waals surface area contributed by atoms with Crippen LogP contribution in [0.1, 0.15) is 16.2 Å². The number of piperazine rings is 1. The molecule has 4 heterocycles. The van der Waals surface area contributed by atoms with Crippen LogP contribution in [0.2, 0.25) is 0 Å². The second-order valence-electron chi connectivity index (χ2n) is 6.64. The molecule has 1 fully saturated rings. The minimum atomic E-state index is -2.96. The van der Waals surface area contributed by atoms with Crippen LogP contribution in [0, 0.1) is 0 Å². The SMILES string of the molecule is Cn1nc(C(=O)N2CCN(Cc3cn4ccccc4n3)CC2)cc1OC(F)F. The summed E-state index contributed by atoms with van der Waals surface area (Å²) in [4.78, 5) is 21.1. The van der Waals surface area contributed by atoms with Crippen molar-refractivity contribution >= 4 is 11.6 Å². The molecule has 0 saturated carbocycles. The summed E-state index contributed by atoms with van der Waals surface area (Å²) in [6.45, 7) is 0.225. The van der Waals surface area contributed by atoms with Crippen LogP contribution < -0.4 is 4.74 Å². The molecule has 1 aliphatic rings. The Bertz CT molecular complexity index is 945. The van der Waals surface area contributed by atoms with Crippen LogP contribution in [-0.2, 0) is 13.6 Å². The van der Waals surface area contributed by atoms with E-state index in [1.54, 1.807) is 4.90 Å². The van der Waals surface area contributed by atoms with Crippen molar-refractivity contribution in [2.75, 3.05) is 26.2 Å². The number of aryl methyl sites for hydroxylation is 1. The number of nitrogens with zero attached hydrogens (tertiary/aromatic N) is 6. The number of alkyl halides is 2. The van der Waals surface area contributed by atoms with Crippen molar-refractivity contribution in [3.05, 3.63) is 48.0 Å². The Morgan fingerprint density at radius 2 is 2.04 bits per heavy atom. The van der Waals surface area contributed by atoms with E-state index in [2.05, 4.69) is 19.7 Å². The van der Waals surface area contributed by atoms with Gasteiger partial charge in [-0.2, -0.15) is 13.9 Å². The summed E-state index contributed by atoms with van der Waals surface area (Å²) in [6, 6.07) is 7.11. The van der Waals surface area contributed by atoms with Crippen LogP contribution in [0.15, 0.2) is 36.7 Å². The first-order valence-electron chi connectivity index (χ1n) is 8.93. The van der Waals surface area contributed by atoms with Crippen molar-refractivity contribution in [3.63, 3.8) is 0 Å². The molecule has 3 aromatic heterocycles. The molecule has 0 radical (unpaired) electrons. The number of fused-ring (bicyclic) bond motifs is 1. The van der Waals surface area contributed by atoms with E-state index in [1.807, 2.05) is 35.0 Å². The van der Waals surface area contributed by atoms with Gasteiger partial charge in [-0.1, -0.05) is 6.07 Å². The van der Waals surface area contributed by atoms with E-state index >= 15 is 0 Å². The average molecular weight is 390 g/mol. The minimum absolute atomic E-state index is 0.104. The van der Waals surface area contributed by atoms with E-state index in [-0.39, 0.29) is 17.5 Å². The van der Waals surface area contributed by atoms with Crippen molar-refractivity contribution in [2.45, 2.75) is 13.2 Å².